The first kappa shape index (κ1) is 12.3. The first-order valence-corrected chi connectivity index (χ1v) is 4.98. The first-order valence-electron chi connectivity index (χ1n) is 4.98. The van der Waals surface area contributed by atoms with Crippen molar-refractivity contribution in [2.24, 2.45) is 16.0 Å². The average molecular weight is 226 g/mol. The molecule has 0 spiro atoms. The van der Waals surface area contributed by atoms with Gasteiger partial charge in [0.1, 0.15) is 6.61 Å². The predicted molar refractivity (Wildman–Crippen MR) is 57.0 cm³/mol. The second-order valence-electron chi connectivity index (χ2n) is 3.46. The molecule has 0 saturated carbocycles. The van der Waals surface area contributed by atoms with Crippen molar-refractivity contribution in [1.82, 2.24) is 0 Å². The third-order valence-electron chi connectivity index (χ3n) is 2.29. The highest BCUT2D eigenvalue weighted by atomic mass is 16.5. The standard InChI is InChI=1S/C9H14N4O3/c1-6(3-4-11-13-10)8-12-7(5-16-8)9(14)15-2/h6-7H,3-5H2,1-2H3/t6-,7?/m1/s1. The molecule has 0 amide bonds. The van der Waals surface area contributed by atoms with E-state index in [9.17, 15) is 4.79 Å². The summed E-state index contributed by atoms with van der Waals surface area (Å²) in [7, 11) is 1.32. The van der Waals surface area contributed by atoms with Gasteiger partial charge >= 0.3 is 5.97 Å². The molecule has 1 aliphatic rings. The van der Waals surface area contributed by atoms with E-state index in [0.717, 1.165) is 0 Å². The Morgan fingerprint density at radius 3 is 3.25 bits per heavy atom. The number of hydrogen-bond acceptors (Lipinski definition) is 5. The van der Waals surface area contributed by atoms with Crippen LogP contribution in [-0.4, -0.2) is 38.2 Å². The summed E-state index contributed by atoms with van der Waals surface area (Å²) in [6.45, 7) is 2.53. The van der Waals surface area contributed by atoms with Gasteiger partial charge < -0.3 is 9.47 Å². The second-order valence-corrected chi connectivity index (χ2v) is 3.46. The summed E-state index contributed by atoms with van der Waals surface area (Å²) in [6.07, 6.45) is 0.650. The van der Waals surface area contributed by atoms with Crippen LogP contribution in [0.15, 0.2) is 10.1 Å². The van der Waals surface area contributed by atoms with Crippen LogP contribution in [0.25, 0.3) is 10.4 Å². The Morgan fingerprint density at radius 2 is 2.62 bits per heavy atom. The van der Waals surface area contributed by atoms with Crippen LogP contribution < -0.4 is 0 Å². The minimum Gasteiger partial charge on any atom is -0.478 e. The lowest BCUT2D eigenvalue weighted by Gasteiger charge is -2.08. The van der Waals surface area contributed by atoms with Gasteiger partial charge in [0, 0.05) is 17.4 Å². The van der Waals surface area contributed by atoms with Gasteiger partial charge in [-0.2, -0.15) is 0 Å². The number of aliphatic imine (C=N–C) groups is 1. The van der Waals surface area contributed by atoms with Gasteiger partial charge in [-0.1, -0.05) is 12.0 Å². The molecule has 0 radical (unpaired) electrons. The Bertz CT molecular complexity index is 336. The van der Waals surface area contributed by atoms with E-state index < -0.39 is 12.0 Å². The highest BCUT2D eigenvalue weighted by Crippen LogP contribution is 2.15. The molecule has 1 aliphatic heterocycles. The van der Waals surface area contributed by atoms with E-state index in [-0.39, 0.29) is 12.5 Å². The van der Waals surface area contributed by atoms with Crippen LogP contribution in [0.2, 0.25) is 0 Å². The minimum absolute atomic E-state index is 0.0418. The smallest absolute Gasteiger partial charge is 0.334 e. The summed E-state index contributed by atoms with van der Waals surface area (Å²) >= 11 is 0. The van der Waals surface area contributed by atoms with Crippen LogP contribution in [0.3, 0.4) is 0 Å². The Kier molecular flexibility index (Phi) is 4.60. The largest absolute Gasteiger partial charge is 0.478 e. The van der Waals surface area contributed by atoms with E-state index in [1.165, 1.54) is 7.11 Å². The summed E-state index contributed by atoms with van der Waals surface area (Å²) in [5.41, 5.74) is 8.13. The predicted octanol–water partition coefficient (Wildman–Crippen LogP) is 1.29. The summed E-state index contributed by atoms with van der Waals surface area (Å²) in [4.78, 5) is 18.0. The minimum atomic E-state index is -0.554. The number of nitrogens with zero attached hydrogens (tertiary/aromatic N) is 4. The molecule has 16 heavy (non-hydrogen) atoms. The third-order valence-corrected chi connectivity index (χ3v) is 2.29. The normalized spacial score (nSPS) is 20.4. The maximum atomic E-state index is 11.2. The fourth-order valence-electron chi connectivity index (χ4n) is 1.34. The molecule has 0 aromatic rings. The van der Waals surface area contributed by atoms with Crippen molar-refractivity contribution in [1.29, 1.82) is 0 Å². The van der Waals surface area contributed by atoms with E-state index in [1.807, 2.05) is 6.92 Å². The average Bonchev–Trinajstić information content (AvgIpc) is 2.77. The lowest BCUT2D eigenvalue weighted by atomic mass is 10.1. The van der Waals surface area contributed by atoms with E-state index in [0.29, 0.717) is 18.9 Å². The van der Waals surface area contributed by atoms with Crippen molar-refractivity contribution in [3.63, 3.8) is 0 Å². The number of ether oxygens (including phenoxy) is 2. The Morgan fingerprint density at radius 1 is 1.88 bits per heavy atom. The number of azide groups is 1. The molecule has 1 unspecified atom stereocenters. The third kappa shape index (κ3) is 3.13. The van der Waals surface area contributed by atoms with Gasteiger partial charge in [-0.15, -0.1) is 0 Å². The molecule has 2 atom stereocenters. The molecule has 0 aromatic carbocycles. The fraction of sp³-hybridized carbons (Fsp3) is 0.778. The lowest BCUT2D eigenvalue weighted by Crippen LogP contribution is -2.21. The van der Waals surface area contributed by atoms with E-state index in [2.05, 4.69) is 19.8 Å². The molecule has 1 heterocycles. The molecule has 0 bridgehead atoms. The highest BCUT2D eigenvalue weighted by molar-refractivity contribution is 5.86. The molecule has 0 saturated heterocycles. The molecule has 88 valence electrons. The van der Waals surface area contributed by atoms with Crippen molar-refractivity contribution >= 4 is 11.9 Å². The molecular weight excluding hydrogens is 212 g/mol. The number of hydrogen-bond donors (Lipinski definition) is 0. The van der Waals surface area contributed by atoms with Gasteiger partial charge in [-0.3, -0.25) is 0 Å². The Hall–Kier alpha value is -1.75. The van der Waals surface area contributed by atoms with Gasteiger partial charge in [-0.25, -0.2) is 9.79 Å². The number of methoxy groups -OCH3 is 1. The van der Waals surface area contributed by atoms with Gasteiger partial charge in [0.05, 0.1) is 7.11 Å². The quantitative estimate of drug-likeness (QED) is 0.306. The molecule has 1 rings (SSSR count). The number of carbonyl (C=O) groups excluding carboxylic acids is 1. The monoisotopic (exact) mass is 226 g/mol. The van der Waals surface area contributed by atoms with Crippen molar-refractivity contribution in [2.75, 3.05) is 20.3 Å². The number of carbonyl (C=O) groups is 1. The maximum Gasteiger partial charge on any atom is 0.334 e. The number of esters is 1. The van der Waals surface area contributed by atoms with Crippen LogP contribution in [0.4, 0.5) is 0 Å². The fourth-order valence-corrected chi connectivity index (χ4v) is 1.34. The molecule has 0 fully saturated rings. The van der Waals surface area contributed by atoms with Crippen LogP contribution in [-0.2, 0) is 14.3 Å². The summed E-state index contributed by atoms with van der Waals surface area (Å²) in [6, 6.07) is -0.554. The molecule has 7 nitrogen and oxygen atoms in total. The molecule has 0 aromatic heterocycles. The lowest BCUT2D eigenvalue weighted by molar-refractivity contribution is -0.142. The van der Waals surface area contributed by atoms with Crippen molar-refractivity contribution in [2.45, 2.75) is 19.4 Å². The van der Waals surface area contributed by atoms with Crippen LogP contribution in [0.1, 0.15) is 13.3 Å². The van der Waals surface area contributed by atoms with Crippen LogP contribution in [0, 0.1) is 5.92 Å². The van der Waals surface area contributed by atoms with Gasteiger partial charge in [0.25, 0.3) is 0 Å². The summed E-state index contributed by atoms with van der Waals surface area (Å²) in [5, 5.41) is 3.43. The van der Waals surface area contributed by atoms with Crippen LogP contribution in [0.5, 0.6) is 0 Å². The highest BCUT2D eigenvalue weighted by Gasteiger charge is 2.28. The zero-order chi connectivity index (χ0) is 12.0. The molecule has 0 N–H and O–H groups in total. The second kappa shape index (κ2) is 5.97. The zero-order valence-electron chi connectivity index (χ0n) is 9.29. The van der Waals surface area contributed by atoms with Crippen molar-refractivity contribution in [3.8, 4) is 0 Å². The van der Waals surface area contributed by atoms with Gasteiger partial charge in [0.15, 0.2) is 11.9 Å². The first-order chi connectivity index (χ1) is 7.69. The van der Waals surface area contributed by atoms with E-state index in [1.54, 1.807) is 0 Å². The molecule has 0 aliphatic carbocycles. The summed E-state index contributed by atoms with van der Waals surface area (Å²) in [5.74, 6) is 0.181. The van der Waals surface area contributed by atoms with E-state index in [4.69, 9.17) is 10.3 Å². The topological polar surface area (TPSA) is 96.7 Å². The molecule has 7 heteroatoms. The van der Waals surface area contributed by atoms with Gasteiger partial charge in [0.2, 0.25) is 0 Å². The maximum absolute atomic E-state index is 11.2. The Labute approximate surface area is 93.1 Å². The van der Waals surface area contributed by atoms with Crippen molar-refractivity contribution < 1.29 is 14.3 Å². The van der Waals surface area contributed by atoms with E-state index >= 15 is 0 Å². The number of rotatable bonds is 5. The van der Waals surface area contributed by atoms with Crippen molar-refractivity contribution in [3.05, 3.63) is 10.4 Å². The van der Waals surface area contributed by atoms with Gasteiger partial charge in [-0.05, 0) is 12.0 Å². The van der Waals surface area contributed by atoms with Crippen LogP contribution >= 0.6 is 0 Å². The zero-order valence-corrected chi connectivity index (χ0v) is 9.29. The Balaban J connectivity index is 2.48. The SMILES string of the molecule is COC(=O)C1COC([C@H](C)CCN=[N+]=[N-])=N1. The molecular formula is C9H14N4O3. The summed E-state index contributed by atoms with van der Waals surface area (Å²) < 4.78 is 9.86.